The standard InChI is InChI=1S/C12H23N3OS/c1-10-14-11(8-17-10)7-15(3)12(2,9-13)5-6-16-4/h8H,5-7,9,13H2,1-4H3. The van der Waals surface area contributed by atoms with E-state index in [1.807, 2.05) is 6.92 Å². The fourth-order valence-electron chi connectivity index (χ4n) is 1.69. The first-order valence-electron chi connectivity index (χ1n) is 5.83. The molecule has 0 bridgehead atoms. The number of hydrogen-bond donors (Lipinski definition) is 1. The van der Waals surface area contributed by atoms with Crippen LogP contribution >= 0.6 is 11.3 Å². The van der Waals surface area contributed by atoms with Crippen molar-refractivity contribution in [2.75, 3.05) is 27.3 Å². The van der Waals surface area contributed by atoms with E-state index in [9.17, 15) is 0 Å². The molecule has 0 fully saturated rings. The lowest BCUT2D eigenvalue weighted by molar-refractivity contribution is 0.0831. The number of aryl methyl sites for hydroxylation is 1. The number of thiazole rings is 1. The zero-order valence-electron chi connectivity index (χ0n) is 11.2. The first kappa shape index (κ1) is 14.6. The van der Waals surface area contributed by atoms with Gasteiger partial charge in [0.05, 0.1) is 10.7 Å². The van der Waals surface area contributed by atoms with Crippen molar-refractivity contribution in [1.82, 2.24) is 9.88 Å². The van der Waals surface area contributed by atoms with Crippen LogP contribution in [0.2, 0.25) is 0 Å². The molecule has 0 saturated heterocycles. The Morgan fingerprint density at radius 1 is 1.59 bits per heavy atom. The van der Waals surface area contributed by atoms with Crippen molar-refractivity contribution < 1.29 is 4.74 Å². The molecule has 0 aliphatic heterocycles. The molecule has 1 atom stereocenters. The van der Waals surface area contributed by atoms with Gasteiger partial charge in [-0.2, -0.15) is 0 Å². The Morgan fingerprint density at radius 2 is 2.29 bits per heavy atom. The third-order valence-corrected chi connectivity index (χ3v) is 4.09. The van der Waals surface area contributed by atoms with E-state index in [1.165, 1.54) is 0 Å². The second kappa shape index (κ2) is 6.44. The number of ether oxygens (including phenoxy) is 1. The van der Waals surface area contributed by atoms with Crippen LogP contribution in [0.3, 0.4) is 0 Å². The molecule has 17 heavy (non-hydrogen) atoms. The summed E-state index contributed by atoms with van der Waals surface area (Å²) in [5.74, 6) is 0. The van der Waals surface area contributed by atoms with Crippen molar-refractivity contribution in [3.8, 4) is 0 Å². The molecule has 98 valence electrons. The number of likely N-dealkylation sites (N-methyl/N-ethyl adjacent to an activating group) is 1. The first-order chi connectivity index (χ1) is 8.01. The molecule has 1 aromatic rings. The summed E-state index contributed by atoms with van der Waals surface area (Å²) in [6.07, 6.45) is 0.930. The lowest BCUT2D eigenvalue weighted by atomic mass is 9.96. The van der Waals surface area contributed by atoms with Gasteiger partial charge in [-0.3, -0.25) is 4.90 Å². The van der Waals surface area contributed by atoms with E-state index in [0.29, 0.717) is 6.54 Å². The van der Waals surface area contributed by atoms with Crippen molar-refractivity contribution in [1.29, 1.82) is 0 Å². The van der Waals surface area contributed by atoms with Crippen LogP contribution in [-0.2, 0) is 11.3 Å². The average molecular weight is 257 g/mol. The van der Waals surface area contributed by atoms with Gasteiger partial charge in [0.15, 0.2) is 0 Å². The number of methoxy groups -OCH3 is 1. The summed E-state index contributed by atoms with van der Waals surface area (Å²) in [7, 11) is 3.82. The average Bonchev–Trinajstić information content (AvgIpc) is 2.71. The van der Waals surface area contributed by atoms with Gasteiger partial charge in [0, 0.05) is 37.7 Å². The SMILES string of the molecule is COCCC(C)(CN)N(C)Cc1csc(C)n1. The molecule has 0 aliphatic carbocycles. The van der Waals surface area contributed by atoms with Crippen molar-refractivity contribution in [3.63, 3.8) is 0 Å². The molecule has 2 N–H and O–H groups in total. The second-order valence-corrected chi connectivity index (χ2v) is 5.72. The number of nitrogens with zero attached hydrogens (tertiary/aromatic N) is 2. The molecule has 1 aromatic heterocycles. The summed E-state index contributed by atoms with van der Waals surface area (Å²) in [6.45, 7) is 6.39. The Kier molecular flexibility index (Phi) is 5.52. The second-order valence-electron chi connectivity index (χ2n) is 4.66. The highest BCUT2D eigenvalue weighted by Gasteiger charge is 2.27. The number of nitrogens with two attached hydrogens (primary N) is 1. The molecule has 0 amide bonds. The van der Waals surface area contributed by atoms with Gasteiger partial charge in [0.1, 0.15) is 0 Å². The molecule has 0 saturated carbocycles. The molecule has 0 radical (unpaired) electrons. The van der Waals surface area contributed by atoms with E-state index in [0.717, 1.165) is 30.3 Å². The van der Waals surface area contributed by atoms with Gasteiger partial charge in [0.25, 0.3) is 0 Å². The van der Waals surface area contributed by atoms with Gasteiger partial charge in [-0.1, -0.05) is 0 Å². The summed E-state index contributed by atoms with van der Waals surface area (Å²) < 4.78 is 5.15. The minimum atomic E-state index is -0.0342. The number of rotatable bonds is 7. The lowest BCUT2D eigenvalue weighted by Gasteiger charge is -2.37. The van der Waals surface area contributed by atoms with Crippen LogP contribution in [0.15, 0.2) is 5.38 Å². The predicted molar refractivity (Wildman–Crippen MR) is 72.3 cm³/mol. The highest BCUT2D eigenvalue weighted by Crippen LogP contribution is 2.20. The van der Waals surface area contributed by atoms with E-state index >= 15 is 0 Å². The zero-order chi connectivity index (χ0) is 12.9. The Morgan fingerprint density at radius 3 is 2.76 bits per heavy atom. The van der Waals surface area contributed by atoms with Crippen molar-refractivity contribution >= 4 is 11.3 Å². The summed E-state index contributed by atoms with van der Waals surface area (Å²) in [5.41, 5.74) is 6.98. The van der Waals surface area contributed by atoms with Crippen LogP contribution in [0, 0.1) is 6.92 Å². The molecule has 1 heterocycles. The maximum atomic E-state index is 5.89. The van der Waals surface area contributed by atoms with Crippen LogP contribution in [0.25, 0.3) is 0 Å². The molecule has 4 nitrogen and oxygen atoms in total. The van der Waals surface area contributed by atoms with E-state index in [2.05, 4.69) is 29.2 Å². The maximum Gasteiger partial charge on any atom is 0.0897 e. The molecule has 1 unspecified atom stereocenters. The molecule has 0 spiro atoms. The lowest BCUT2D eigenvalue weighted by Crippen LogP contribution is -2.50. The third-order valence-electron chi connectivity index (χ3n) is 3.27. The zero-order valence-corrected chi connectivity index (χ0v) is 12.0. The van der Waals surface area contributed by atoms with Gasteiger partial charge in [-0.05, 0) is 27.3 Å². The fourth-order valence-corrected chi connectivity index (χ4v) is 2.29. The fraction of sp³-hybridized carbons (Fsp3) is 0.750. The van der Waals surface area contributed by atoms with Crippen molar-refractivity contribution in [2.24, 2.45) is 5.73 Å². The highest BCUT2D eigenvalue weighted by molar-refractivity contribution is 7.09. The Bertz CT molecular complexity index is 342. The largest absolute Gasteiger partial charge is 0.385 e. The Balaban J connectivity index is 2.62. The molecule has 1 rings (SSSR count). The third kappa shape index (κ3) is 4.03. The highest BCUT2D eigenvalue weighted by atomic mass is 32.1. The van der Waals surface area contributed by atoms with Crippen molar-refractivity contribution in [3.05, 3.63) is 16.1 Å². The van der Waals surface area contributed by atoms with Gasteiger partial charge in [-0.25, -0.2) is 4.98 Å². The van der Waals surface area contributed by atoms with E-state index in [4.69, 9.17) is 10.5 Å². The van der Waals surface area contributed by atoms with Crippen LogP contribution in [0.5, 0.6) is 0 Å². The first-order valence-corrected chi connectivity index (χ1v) is 6.71. The Hall–Kier alpha value is -0.490. The summed E-state index contributed by atoms with van der Waals surface area (Å²) in [6, 6.07) is 0. The van der Waals surface area contributed by atoms with Crippen LogP contribution in [-0.4, -0.2) is 42.7 Å². The van der Waals surface area contributed by atoms with Gasteiger partial charge >= 0.3 is 0 Å². The van der Waals surface area contributed by atoms with Crippen LogP contribution < -0.4 is 5.73 Å². The molecular weight excluding hydrogens is 234 g/mol. The quantitative estimate of drug-likeness (QED) is 0.807. The minimum Gasteiger partial charge on any atom is -0.385 e. The van der Waals surface area contributed by atoms with E-state index in [1.54, 1.807) is 18.4 Å². The minimum absolute atomic E-state index is 0.0342. The van der Waals surface area contributed by atoms with Gasteiger partial charge in [-0.15, -0.1) is 11.3 Å². The van der Waals surface area contributed by atoms with Gasteiger partial charge in [0.2, 0.25) is 0 Å². The Labute approximate surface area is 108 Å². The molecule has 0 aromatic carbocycles. The smallest absolute Gasteiger partial charge is 0.0897 e. The molecule has 5 heteroatoms. The van der Waals surface area contributed by atoms with Crippen molar-refractivity contribution in [2.45, 2.75) is 32.4 Å². The van der Waals surface area contributed by atoms with E-state index < -0.39 is 0 Å². The van der Waals surface area contributed by atoms with Crippen LogP contribution in [0.4, 0.5) is 0 Å². The summed E-state index contributed by atoms with van der Waals surface area (Å²) in [5, 5.41) is 3.22. The molecular formula is C12H23N3OS. The van der Waals surface area contributed by atoms with Gasteiger partial charge < -0.3 is 10.5 Å². The molecule has 0 aliphatic rings. The number of hydrogen-bond acceptors (Lipinski definition) is 5. The maximum absolute atomic E-state index is 5.89. The van der Waals surface area contributed by atoms with E-state index in [-0.39, 0.29) is 5.54 Å². The monoisotopic (exact) mass is 257 g/mol. The predicted octanol–water partition coefficient (Wildman–Crippen LogP) is 1.64. The summed E-state index contributed by atoms with van der Waals surface area (Å²) in [4.78, 5) is 6.75. The number of aromatic nitrogens is 1. The normalized spacial score (nSPS) is 15.2. The summed E-state index contributed by atoms with van der Waals surface area (Å²) >= 11 is 1.69. The van der Waals surface area contributed by atoms with Crippen LogP contribution in [0.1, 0.15) is 24.0 Å². The topological polar surface area (TPSA) is 51.4 Å².